The third kappa shape index (κ3) is 4.89. The molecule has 0 unspecified atom stereocenters. The molecule has 0 aliphatic carbocycles. The van der Waals surface area contributed by atoms with Gasteiger partial charge in [0.2, 0.25) is 0 Å². The third-order valence-electron chi connectivity index (χ3n) is 7.77. The van der Waals surface area contributed by atoms with E-state index in [1.807, 2.05) is 48.5 Å². The lowest BCUT2D eigenvalue weighted by molar-refractivity contribution is -0.132. The maximum absolute atomic E-state index is 11.4. The summed E-state index contributed by atoms with van der Waals surface area (Å²) in [6, 6.07) is 45.3. The van der Waals surface area contributed by atoms with Crippen molar-refractivity contribution in [1.82, 2.24) is 9.13 Å². The molecular formula is C38H26N4O2. The fourth-order valence-corrected chi connectivity index (χ4v) is 5.61. The molecule has 0 atom stereocenters. The zero-order chi connectivity index (χ0) is 30.0. The number of hydrogen-bond donors (Lipinski definition) is 1. The molecule has 7 aromatic rings. The molecule has 0 aliphatic rings. The Balaban J connectivity index is 1.28. The number of aliphatic carboxylic acids is 1. The van der Waals surface area contributed by atoms with Crippen LogP contribution >= 0.6 is 0 Å². The van der Waals surface area contributed by atoms with E-state index in [0.29, 0.717) is 5.56 Å². The Hall–Kier alpha value is -6.32. The summed E-state index contributed by atoms with van der Waals surface area (Å²) in [5.74, 6) is -1.24. The van der Waals surface area contributed by atoms with E-state index >= 15 is 0 Å². The Labute approximate surface area is 254 Å². The van der Waals surface area contributed by atoms with Gasteiger partial charge >= 0.3 is 5.97 Å². The van der Waals surface area contributed by atoms with E-state index < -0.39 is 5.97 Å². The summed E-state index contributed by atoms with van der Waals surface area (Å²) in [5, 5.41) is 11.7. The molecule has 0 bridgehead atoms. The maximum Gasteiger partial charge on any atom is 0.333 e. The van der Waals surface area contributed by atoms with Gasteiger partial charge in [-0.25, -0.2) is 4.85 Å². The van der Waals surface area contributed by atoms with Crippen LogP contribution in [0.2, 0.25) is 0 Å². The highest BCUT2D eigenvalue weighted by Crippen LogP contribution is 2.36. The summed E-state index contributed by atoms with van der Waals surface area (Å²) in [4.78, 5) is 16.6. The van der Waals surface area contributed by atoms with Crippen molar-refractivity contribution in [3.8, 4) is 11.4 Å². The number of carboxylic acid groups (broad SMARTS) is 1. The van der Waals surface area contributed by atoms with Crippen LogP contribution in [0.5, 0.6) is 0 Å². The summed E-state index contributed by atoms with van der Waals surface area (Å²) in [7, 11) is 0. The molecule has 0 radical (unpaired) electrons. The average molecular weight is 571 g/mol. The van der Waals surface area contributed by atoms with Crippen molar-refractivity contribution in [2.24, 2.45) is 0 Å². The third-order valence-corrected chi connectivity index (χ3v) is 7.77. The van der Waals surface area contributed by atoms with Gasteiger partial charge in [-0.1, -0.05) is 48.5 Å². The minimum atomic E-state index is -1.24. The van der Waals surface area contributed by atoms with Gasteiger partial charge in [0.15, 0.2) is 0 Å². The van der Waals surface area contributed by atoms with Gasteiger partial charge in [0.25, 0.3) is 5.70 Å². The normalized spacial score (nSPS) is 11.5. The van der Waals surface area contributed by atoms with Crippen molar-refractivity contribution in [2.75, 3.05) is 4.90 Å². The second kappa shape index (κ2) is 11.2. The van der Waals surface area contributed by atoms with Gasteiger partial charge in [0.1, 0.15) is 0 Å². The number of carbonyl (C=O) groups is 1. The van der Waals surface area contributed by atoms with Crippen LogP contribution in [0.4, 0.5) is 17.1 Å². The van der Waals surface area contributed by atoms with E-state index in [1.165, 1.54) is 16.8 Å². The number of aromatic nitrogens is 2. The van der Waals surface area contributed by atoms with E-state index in [4.69, 9.17) is 6.57 Å². The summed E-state index contributed by atoms with van der Waals surface area (Å²) in [6.45, 7) is 7.17. The first-order valence-corrected chi connectivity index (χ1v) is 14.1. The van der Waals surface area contributed by atoms with Crippen LogP contribution < -0.4 is 4.90 Å². The predicted molar refractivity (Wildman–Crippen MR) is 177 cm³/mol. The molecule has 2 heterocycles. The summed E-state index contributed by atoms with van der Waals surface area (Å²) < 4.78 is 4.36. The van der Waals surface area contributed by atoms with Crippen LogP contribution in [0.15, 0.2) is 152 Å². The molecule has 6 nitrogen and oxygen atoms in total. The topological polar surface area (TPSA) is 54.8 Å². The molecule has 0 saturated heterocycles. The highest BCUT2D eigenvalue weighted by molar-refractivity contribution is 5.94. The molecule has 6 heteroatoms. The largest absolute Gasteiger partial charge is 0.486 e. The van der Waals surface area contributed by atoms with Gasteiger partial charge < -0.3 is 19.1 Å². The van der Waals surface area contributed by atoms with Gasteiger partial charge in [-0.3, -0.25) is 4.79 Å². The average Bonchev–Trinajstić information content (AvgIpc) is 3.70. The lowest BCUT2D eigenvalue weighted by Crippen LogP contribution is -2.10. The fourth-order valence-electron chi connectivity index (χ4n) is 5.61. The van der Waals surface area contributed by atoms with Crippen LogP contribution in [-0.2, 0) is 4.79 Å². The number of benzene rings is 5. The van der Waals surface area contributed by atoms with Crippen molar-refractivity contribution in [3.05, 3.63) is 169 Å². The predicted octanol–water partition coefficient (Wildman–Crippen LogP) is 9.39. The lowest BCUT2D eigenvalue weighted by Gasteiger charge is -2.26. The van der Waals surface area contributed by atoms with Crippen molar-refractivity contribution in [2.45, 2.75) is 0 Å². The molecule has 0 amide bonds. The Morgan fingerprint density at radius 2 is 1.05 bits per heavy atom. The molecule has 0 fully saturated rings. The number of nitrogens with zero attached hydrogens (tertiary/aromatic N) is 4. The second-order valence-corrected chi connectivity index (χ2v) is 10.4. The Morgan fingerprint density at radius 1 is 0.614 bits per heavy atom. The Kier molecular flexibility index (Phi) is 6.74. The first kappa shape index (κ1) is 26.6. The van der Waals surface area contributed by atoms with Crippen LogP contribution in [0, 0.1) is 6.57 Å². The molecule has 0 aliphatic heterocycles. The van der Waals surface area contributed by atoms with Gasteiger partial charge in [0, 0.05) is 40.8 Å². The number of anilines is 3. The molecule has 0 saturated carbocycles. The Bertz CT molecular complexity index is 2080. The van der Waals surface area contributed by atoms with E-state index in [2.05, 4.69) is 116 Å². The summed E-state index contributed by atoms with van der Waals surface area (Å²) in [5.41, 5.74) is 7.59. The van der Waals surface area contributed by atoms with Gasteiger partial charge in [-0.2, -0.15) is 0 Å². The summed E-state index contributed by atoms with van der Waals surface area (Å²) in [6.07, 6.45) is 5.56. The van der Waals surface area contributed by atoms with Crippen LogP contribution in [-0.4, -0.2) is 20.2 Å². The fraction of sp³-hybridized carbons (Fsp3) is 0. The van der Waals surface area contributed by atoms with E-state index in [1.54, 1.807) is 0 Å². The van der Waals surface area contributed by atoms with E-state index in [9.17, 15) is 9.90 Å². The van der Waals surface area contributed by atoms with Gasteiger partial charge in [-0.05, 0) is 107 Å². The van der Waals surface area contributed by atoms with Gasteiger partial charge in [-0.15, -0.1) is 0 Å². The molecular weight excluding hydrogens is 544 g/mol. The van der Waals surface area contributed by atoms with E-state index in [-0.39, 0.29) is 5.70 Å². The molecule has 7 rings (SSSR count). The molecule has 210 valence electrons. The first-order chi connectivity index (χ1) is 21.6. The first-order valence-electron chi connectivity index (χ1n) is 14.1. The molecule has 0 spiro atoms. The number of rotatable bonds is 7. The smallest absolute Gasteiger partial charge is 0.333 e. The SMILES string of the molecule is [C-]#[N+]/C(=C\c1ccc(N(c2ccc(-n3ccc4ccccc43)cc2)c2ccc(-n3ccc4ccccc43)cc2)cc1)C(=O)O. The van der Waals surface area contributed by atoms with E-state index in [0.717, 1.165) is 39.5 Å². The summed E-state index contributed by atoms with van der Waals surface area (Å²) >= 11 is 0. The maximum atomic E-state index is 11.4. The molecule has 5 aromatic carbocycles. The zero-order valence-corrected chi connectivity index (χ0v) is 23.6. The minimum Gasteiger partial charge on any atom is -0.486 e. The standard InChI is InChI=1S/C38H26N4O2/c1-39-35(38(43)44)26-27-10-12-32(13-11-27)42(33-18-14-30(15-19-33)40-24-22-28-6-2-4-8-36(28)40)34-20-16-31(17-21-34)41-25-23-29-7-3-5-9-37(29)41/h2-26H,(H,43,44)/b35-26-. The molecule has 44 heavy (non-hydrogen) atoms. The highest BCUT2D eigenvalue weighted by atomic mass is 16.4. The second-order valence-electron chi connectivity index (χ2n) is 10.4. The minimum absolute atomic E-state index is 0.323. The number of para-hydroxylation sites is 2. The quantitative estimate of drug-likeness (QED) is 0.153. The number of hydrogen-bond acceptors (Lipinski definition) is 2. The Morgan fingerprint density at radius 3 is 1.48 bits per heavy atom. The molecule has 1 N–H and O–H groups in total. The van der Waals surface area contributed by atoms with Crippen LogP contribution in [0.1, 0.15) is 5.56 Å². The van der Waals surface area contributed by atoms with Crippen molar-refractivity contribution < 1.29 is 9.90 Å². The van der Waals surface area contributed by atoms with Crippen LogP contribution in [0.25, 0.3) is 44.1 Å². The zero-order valence-electron chi connectivity index (χ0n) is 23.6. The van der Waals surface area contributed by atoms with Crippen molar-refractivity contribution in [1.29, 1.82) is 0 Å². The van der Waals surface area contributed by atoms with Crippen molar-refractivity contribution >= 4 is 50.9 Å². The number of carboxylic acids is 1. The monoisotopic (exact) mass is 570 g/mol. The molecule has 2 aromatic heterocycles. The lowest BCUT2D eigenvalue weighted by atomic mass is 10.1. The van der Waals surface area contributed by atoms with Gasteiger partial charge in [0.05, 0.1) is 17.6 Å². The van der Waals surface area contributed by atoms with Crippen molar-refractivity contribution in [3.63, 3.8) is 0 Å². The van der Waals surface area contributed by atoms with Crippen LogP contribution in [0.3, 0.4) is 0 Å². The number of fused-ring (bicyclic) bond motifs is 2. The highest BCUT2D eigenvalue weighted by Gasteiger charge is 2.15.